The van der Waals surface area contributed by atoms with E-state index in [1.54, 1.807) is 24.3 Å². The summed E-state index contributed by atoms with van der Waals surface area (Å²) in [5.41, 5.74) is 1.74. The van der Waals surface area contributed by atoms with Crippen molar-refractivity contribution < 1.29 is 9.21 Å². The Hall–Kier alpha value is -2.12. The van der Waals surface area contributed by atoms with Gasteiger partial charge in [0.15, 0.2) is 4.34 Å². The van der Waals surface area contributed by atoms with Gasteiger partial charge in [-0.2, -0.15) is 0 Å². The van der Waals surface area contributed by atoms with Gasteiger partial charge in [-0.25, -0.2) is 9.78 Å². The van der Waals surface area contributed by atoms with E-state index in [9.17, 15) is 9.59 Å². The molecule has 0 atom stereocenters. The van der Waals surface area contributed by atoms with Crippen molar-refractivity contribution in [3.8, 4) is 0 Å². The lowest BCUT2D eigenvalue weighted by Crippen LogP contribution is -2.13. The number of anilines is 1. The van der Waals surface area contributed by atoms with E-state index in [0.29, 0.717) is 17.0 Å². The summed E-state index contributed by atoms with van der Waals surface area (Å²) in [6.45, 7) is 1.92. The molecule has 3 aromatic rings. The lowest BCUT2D eigenvalue weighted by Gasteiger charge is -2.05. The summed E-state index contributed by atoms with van der Waals surface area (Å²) >= 11 is 2.94. The van der Waals surface area contributed by atoms with E-state index in [4.69, 9.17) is 4.42 Å². The van der Waals surface area contributed by atoms with E-state index in [0.717, 1.165) is 15.4 Å². The molecule has 0 fully saturated rings. The minimum absolute atomic E-state index is 0.102. The summed E-state index contributed by atoms with van der Waals surface area (Å²) in [4.78, 5) is 27.4. The Balaban J connectivity index is 1.66. The maximum atomic E-state index is 12.0. The zero-order valence-electron chi connectivity index (χ0n) is 11.7. The second kappa shape index (κ2) is 6.33. The van der Waals surface area contributed by atoms with Crippen molar-refractivity contribution in [3.63, 3.8) is 0 Å². The Bertz CT molecular complexity index is 886. The molecular weight excluding hydrogens is 320 g/mol. The summed E-state index contributed by atoms with van der Waals surface area (Å²) in [6, 6.07) is 8.18. The van der Waals surface area contributed by atoms with Crippen LogP contribution in [0.4, 0.5) is 5.69 Å². The van der Waals surface area contributed by atoms with Gasteiger partial charge in [-0.3, -0.25) is 4.79 Å². The van der Waals surface area contributed by atoms with Crippen LogP contribution in [0, 0.1) is 6.92 Å². The van der Waals surface area contributed by atoms with Crippen LogP contribution >= 0.6 is 23.1 Å². The quantitative estimate of drug-likeness (QED) is 0.586. The third kappa shape index (κ3) is 3.55. The molecule has 0 spiro atoms. The van der Waals surface area contributed by atoms with Gasteiger partial charge in [0.2, 0.25) is 5.91 Å². The van der Waals surface area contributed by atoms with Crippen LogP contribution < -0.4 is 10.9 Å². The van der Waals surface area contributed by atoms with Crippen molar-refractivity contribution in [1.82, 2.24) is 4.98 Å². The molecule has 2 heterocycles. The third-order valence-electron chi connectivity index (χ3n) is 2.83. The summed E-state index contributed by atoms with van der Waals surface area (Å²) in [7, 11) is 0. The standard InChI is InChI=1S/C15H12N2O3S2/c1-9-7-21-15(16-9)22-8-13(18)17-11-3-4-12-10(6-11)2-5-14(19)20-12/h2-7H,8H2,1H3,(H,17,18). The lowest BCUT2D eigenvalue weighted by molar-refractivity contribution is -0.113. The number of nitrogens with one attached hydrogen (secondary N) is 1. The van der Waals surface area contributed by atoms with Crippen molar-refractivity contribution in [2.75, 3.05) is 11.1 Å². The highest BCUT2D eigenvalue weighted by Crippen LogP contribution is 2.23. The van der Waals surface area contributed by atoms with Gasteiger partial charge < -0.3 is 9.73 Å². The Morgan fingerprint density at radius 2 is 2.23 bits per heavy atom. The first-order valence-corrected chi connectivity index (χ1v) is 8.35. The molecule has 1 N–H and O–H groups in total. The van der Waals surface area contributed by atoms with E-state index in [2.05, 4.69) is 10.3 Å². The highest BCUT2D eigenvalue weighted by molar-refractivity contribution is 8.01. The predicted octanol–water partition coefficient (Wildman–Crippen LogP) is 3.29. The number of carbonyl (C=O) groups excluding carboxylic acids is 1. The molecule has 1 amide bonds. The van der Waals surface area contributed by atoms with Gasteiger partial charge >= 0.3 is 5.63 Å². The maximum Gasteiger partial charge on any atom is 0.336 e. The van der Waals surface area contributed by atoms with Crippen LogP contribution in [0.3, 0.4) is 0 Å². The van der Waals surface area contributed by atoms with E-state index in [-0.39, 0.29) is 11.5 Å². The molecule has 2 aromatic heterocycles. The first-order chi connectivity index (χ1) is 10.6. The minimum atomic E-state index is -0.389. The van der Waals surface area contributed by atoms with Crippen LogP contribution in [0.2, 0.25) is 0 Å². The Morgan fingerprint density at radius 3 is 3.00 bits per heavy atom. The predicted molar refractivity (Wildman–Crippen MR) is 88.7 cm³/mol. The molecule has 1 aromatic carbocycles. The topological polar surface area (TPSA) is 72.2 Å². The van der Waals surface area contributed by atoms with Gasteiger partial charge in [-0.1, -0.05) is 11.8 Å². The molecule has 22 heavy (non-hydrogen) atoms. The van der Waals surface area contributed by atoms with E-state index >= 15 is 0 Å². The number of nitrogens with zero attached hydrogens (tertiary/aromatic N) is 1. The highest BCUT2D eigenvalue weighted by atomic mass is 32.2. The molecule has 0 radical (unpaired) electrons. The molecule has 112 valence electrons. The molecule has 5 nitrogen and oxygen atoms in total. The van der Waals surface area contributed by atoms with Crippen LogP contribution in [0.25, 0.3) is 11.0 Å². The number of benzene rings is 1. The third-order valence-corrected chi connectivity index (χ3v) is 4.97. The van der Waals surface area contributed by atoms with Gasteiger partial charge in [0.25, 0.3) is 0 Å². The SMILES string of the molecule is Cc1csc(SCC(=O)Nc2ccc3oc(=O)ccc3c2)n1. The number of fused-ring (bicyclic) bond motifs is 1. The number of aryl methyl sites for hydroxylation is 1. The zero-order chi connectivity index (χ0) is 15.5. The molecule has 7 heteroatoms. The zero-order valence-corrected chi connectivity index (χ0v) is 13.3. The van der Waals surface area contributed by atoms with Crippen LogP contribution in [0.1, 0.15) is 5.69 Å². The maximum absolute atomic E-state index is 12.0. The summed E-state index contributed by atoms with van der Waals surface area (Å²) in [5, 5.41) is 5.54. The van der Waals surface area contributed by atoms with Gasteiger partial charge in [-0.15, -0.1) is 11.3 Å². The first kappa shape index (κ1) is 14.8. The summed E-state index contributed by atoms with van der Waals surface area (Å²) < 4.78 is 5.93. The number of amides is 1. The molecule has 0 bridgehead atoms. The fourth-order valence-corrected chi connectivity index (χ4v) is 3.52. The highest BCUT2D eigenvalue weighted by Gasteiger charge is 2.07. The van der Waals surface area contributed by atoms with Gasteiger partial charge in [0, 0.05) is 28.2 Å². The number of thioether (sulfide) groups is 1. The van der Waals surface area contributed by atoms with E-state index in [1.165, 1.54) is 29.2 Å². The fraction of sp³-hybridized carbons (Fsp3) is 0.133. The molecular formula is C15H12N2O3S2. The lowest BCUT2D eigenvalue weighted by atomic mass is 10.2. The van der Waals surface area contributed by atoms with Crippen LogP contribution in [-0.4, -0.2) is 16.6 Å². The average molecular weight is 332 g/mol. The molecule has 0 saturated carbocycles. The van der Waals surface area contributed by atoms with E-state index < -0.39 is 0 Å². The van der Waals surface area contributed by atoms with Crippen molar-refractivity contribution in [2.45, 2.75) is 11.3 Å². The van der Waals surface area contributed by atoms with Crippen LogP contribution in [0.5, 0.6) is 0 Å². The monoisotopic (exact) mass is 332 g/mol. The average Bonchev–Trinajstić information content (AvgIpc) is 2.91. The number of aromatic nitrogens is 1. The Kier molecular flexibility index (Phi) is 4.26. The number of thiazole rings is 1. The number of carbonyl (C=O) groups is 1. The van der Waals surface area contributed by atoms with Gasteiger partial charge in [0.1, 0.15) is 5.58 Å². The summed E-state index contributed by atoms with van der Waals surface area (Å²) in [6.07, 6.45) is 0. The molecule has 0 aliphatic heterocycles. The normalized spacial score (nSPS) is 10.8. The number of hydrogen-bond donors (Lipinski definition) is 1. The largest absolute Gasteiger partial charge is 0.423 e. The molecule has 0 aliphatic carbocycles. The second-order valence-corrected chi connectivity index (χ2v) is 6.68. The molecule has 0 aliphatic rings. The van der Waals surface area contributed by atoms with Crippen LogP contribution in [-0.2, 0) is 4.79 Å². The molecule has 3 rings (SSSR count). The molecule has 0 saturated heterocycles. The number of rotatable bonds is 4. The number of hydrogen-bond acceptors (Lipinski definition) is 6. The van der Waals surface area contributed by atoms with Gasteiger partial charge in [-0.05, 0) is 31.2 Å². The first-order valence-electron chi connectivity index (χ1n) is 6.49. The van der Waals surface area contributed by atoms with Crippen molar-refractivity contribution in [3.05, 3.63) is 51.8 Å². The molecule has 0 unspecified atom stereocenters. The van der Waals surface area contributed by atoms with Gasteiger partial charge in [0.05, 0.1) is 5.75 Å². The van der Waals surface area contributed by atoms with Crippen molar-refractivity contribution >= 4 is 45.7 Å². The van der Waals surface area contributed by atoms with Crippen molar-refractivity contribution in [1.29, 1.82) is 0 Å². The van der Waals surface area contributed by atoms with Crippen molar-refractivity contribution in [2.24, 2.45) is 0 Å². The Morgan fingerprint density at radius 1 is 1.36 bits per heavy atom. The summed E-state index contributed by atoms with van der Waals surface area (Å²) in [5.74, 6) is 0.198. The fourth-order valence-electron chi connectivity index (χ4n) is 1.87. The smallest absolute Gasteiger partial charge is 0.336 e. The van der Waals surface area contributed by atoms with Crippen LogP contribution in [0.15, 0.2) is 49.3 Å². The van der Waals surface area contributed by atoms with E-state index in [1.807, 2.05) is 12.3 Å². The Labute approximate surface area is 134 Å². The second-order valence-electron chi connectivity index (χ2n) is 4.60. The minimum Gasteiger partial charge on any atom is -0.423 e.